The number of benzene rings is 2. The molecule has 2 aromatic carbocycles. The predicted octanol–water partition coefficient (Wildman–Crippen LogP) is 3.91. The predicted molar refractivity (Wildman–Crippen MR) is 79.3 cm³/mol. The molecule has 2 rings (SSSR count). The Hall–Kier alpha value is -2.29. The average molecular weight is 363 g/mol. The third-order valence-corrected chi connectivity index (χ3v) is 5.14. The fraction of sp³-hybridized carbons (Fsp3) is 0.200. The van der Waals surface area contributed by atoms with E-state index in [0.717, 1.165) is 24.3 Å². The van der Waals surface area contributed by atoms with Gasteiger partial charge in [-0.25, -0.2) is 12.8 Å². The van der Waals surface area contributed by atoms with Crippen LogP contribution in [-0.2, 0) is 9.84 Å². The minimum Gasteiger partial charge on any atom is -0.404 e. The molecule has 0 unspecified atom stereocenters. The first kappa shape index (κ1) is 18.1. The molecule has 4 nitrogen and oxygen atoms in total. The number of alkyl halides is 3. The largest absolute Gasteiger partial charge is 0.573 e. The van der Waals surface area contributed by atoms with E-state index in [1.54, 1.807) is 0 Å². The summed E-state index contributed by atoms with van der Waals surface area (Å²) in [5.41, 5.74) is -0.0895. The molecular weight excluding hydrogens is 350 g/mol. The molecule has 9 heteroatoms. The van der Waals surface area contributed by atoms with Gasteiger partial charge in [0.2, 0.25) is 9.84 Å². The van der Waals surface area contributed by atoms with Crippen LogP contribution in [0.1, 0.15) is 5.56 Å². The van der Waals surface area contributed by atoms with E-state index in [0.29, 0.717) is 0 Å². The molecule has 2 aromatic rings. The monoisotopic (exact) mass is 363 g/mol. The van der Waals surface area contributed by atoms with Crippen LogP contribution in [0.25, 0.3) is 0 Å². The van der Waals surface area contributed by atoms with Crippen molar-refractivity contribution < 1.29 is 30.7 Å². The van der Waals surface area contributed by atoms with Crippen molar-refractivity contribution in [1.82, 2.24) is 0 Å². The Morgan fingerprint density at radius 3 is 2.33 bits per heavy atom. The lowest BCUT2D eigenvalue weighted by atomic mass is 10.2. The zero-order valence-corrected chi connectivity index (χ0v) is 13.4. The zero-order valence-electron chi connectivity index (χ0n) is 12.6. The molecule has 0 aliphatic carbocycles. The molecule has 0 aromatic heterocycles. The number of hydrogen-bond acceptors (Lipinski definition) is 4. The van der Waals surface area contributed by atoms with E-state index in [1.807, 2.05) is 0 Å². The molecule has 0 aliphatic heterocycles. The van der Waals surface area contributed by atoms with Crippen LogP contribution in [0, 0.1) is 12.7 Å². The summed E-state index contributed by atoms with van der Waals surface area (Å²) in [5, 5.41) is 2.50. The summed E-state index contributed by atoms with van der Waals surface area (Å²) in [5.74, 6) is -1.29. The Kier molecular flexibility index (Phi) is 4.75. The maximum atomic E-state index is 13.3. The summed E-state index contributed by atoms with van der Waals surface area (Å²) >= 11 is 0. The summed E-state index contributed by atoms with van der Waals surface area (Å²) in [6.45, 7) is 1.33. The van der Waals surface area contributed by atoms with Crippen LogP contribution in [0.3, 0.4) is 0 Å². The number of hydrogen-bond donors (Lipinski definition) is 1. The molecule has 0 aliphatic rings. The summed E-state index contributed by atoms with van der Waals surface area (Å²) in [7, 11) is -2.76. The fourth-order valence-corrected chi connectivity index (χ4v) is 3.77. The minimum atomic E-state index is -4.92. The SMILES string of the molecule is CNc1c(OC(F)(F)F)ccc(S(=O)(=O)c2cccc(F)c2)c1C. The smallest absolute Gasteiger partial charge is 0.404 e. The van der Waals surface area contributed by atoms with E-state index in [-0.39, 0.29) is 21.0 Å². The highest BCUT2D eigenvalue weighted by atomic mass is 32.2. The van der Waals surface area contributed by atoms with Crippen molar-refractivity contribution in [2.75, 3.05) is 12.4 Å². The molecule has 0 fully saturated rings. The van der Waals surface area contributed by atoms with Gasteiger partial charge in [-0.15, -0.1) is 13.2 Å². The van der Waals surface area contributed by atoms with Gasteiger partial charge in [-0.1, -0.05) is 6.07 Å². The van der Waals surface area contributed by atoms with Crippen LogP contribution in [0.4, 0.5) is 23.2 Å². The van der Waals surface area contributed by atoms with E-state index >= 15 is 0 Å². The first-order chi connectivity index (χ1) is 11.1. The molecule has 0 atom stereocenters. The van der Waals surface area contributed by atoms with Crippen molar-refractivity contribution in [3.05, 3.63) is 47.8 Å². The van der Waals surface area contributed by atoms with Crippen LogP contribution in [-0.4, -0.2) is 21.8 Å². The summed E-state index contributed by atoms with van der Waals surface area (Å²) in [6.07, 6.45) is -4.92. The molecule has 0 amide bonds. The quantitative estimate of drug-likeness (QED) is 0.837. The van der Waals surface area contributed by atoms with Gasteiger partial charge < -0.3 is 10.1 Å². The number of halogens is 4. The second kappa shape index (κ2) is 6.31. The molecule has 130 valence electrons. The fourth-order valence-electron chi connectivity index (χ4n) is 2.24. The highest BCUT2D eigenvalue weighted by molar-refractivity contribution is 7.91. The van der Waals surface area contributed by atoms with Crippen LogP contribution in [0.15, 0.2) is 46.2 Å². The second-order valence-electron chi connectivity index (χ2n) is 4.82. The van der Waals surface area contributed by atoms with Crippen LogP contribution < -0.4 is 10.1 Å². The Morgan fingerprint density at radius 1 is 1.12 bits per heavy atom. The van der Waals surface area contributed by atoms with Crippen molar-refractivity contribution in [1.29, 1.82) is 0 Å². The summed E-state index contributed by atoms with van der Waals surface area (Å²) in [6, 6.07) is 6.27. The number of rotatable bonds is 4. The first-order valence-corrected chi connectivity index (χ1v) is 8.12. The molecule has 1 N–H and O–H groups in total. The van der Waals surface area contributed by atoms with Gasteiger partial charge in [0.05, 0.1) is 15.5 Å². The topological polar surface area (TPSA) is 55.4 Å². The first-order valence-electron chi connectivity index (χ1n) is 6.64. The molecule has 0 heterocycles. The molecule has 0 saturated carbocycles. The summed E-state index contributed by atoms with van der Waals surface area (Å²) < 4.78 is 79.7. The van der Waals surface area contributed by atoms with E-state index < -0.39 is 27.8 Å². The van der Waals surface area contributed by atoms with Crippen LogP contribution in [0.5, 0.6) is 5.75 Å². The second-order valence-corrected chi connectivity index (χ2v) is 6.74. The van der Waals surface area contributed by atoms with E-state index in [4.69, 9.17) is 0 Å². The minimum absolute atomic E-state index is 0.0310. The van der Waals surface area contributed by atoms with E-state index in [9.17, 15) is 26.0 Å². The lowest BCUT2D eigenvalue weighted by molar-refractivity contribution is -0.274. The lowest BCUT2D eigenvalue weighted by Gasteiger charge is -2.17. The van der Waals surface area contributed by atoms with Crippen LogP contribution in [0.2, 0.25) is 0 Å². The Bertz CT molecular complexity index is 864. The molecule has 0 spiro atoms. The highest BCUT2D eigenvalue weighted by Crippen LogP contribution is 2.37. The van der Waals surface area contributed by atoms with E-state index in [2.05, 4.69) is 10.1 Å². The van der Waals surface area contributed by atoms with Crippen molar-refractivity contribution in [3.8, 4) is 5.75 Å². The van der Waals surface area contributed by atoms with Gasteiger partial charge in [0, 0.05) is 7.05 Å². The molecule has 0 radical (unpaired) electrons. The van der Waals surface area contributed by atoms with Crippen molar-refractivity contribution in [3.63, 3.8) is 0 Å². The van der Waals surface area contributed by atoms with Gasteiger partial charge in [0.1, 0.15) is 5.82 Å². The zero-order chi connectivity index (χ0) is 18.1. The molecule has 0 bridgehead atoms. The maximum absolute atomic E-state index is 13.3. The van der Waals surface area contributed by atoms with Gasteiger partial charge >= 0.3 is 6.36 Å². The van der Waals surface area contributed by atoms with Gasteiger partial charge in [0.15, 0.2) is 5.75 Å². The van der Waals surface area contributed by atoms with Gasteiger partial charge in [-0.3, -0.25) is 0 Å². The van der Waals surface area contributed by atoms with Crippen molar-refractivity contribution in [2.45, 2.75) is 23.1 Å². The molecule has 24 heavy (non-hydrogen) atoms. The number of nitrogens with one attached hydrogen (secondary N) is 1. The number of sulfone groups is 1. The summed E-state index contributed by atoms with van der Waals surface area (Å²) in [4.78, 5) is -0.538. The Balaban J connectivity index is 2.60. The third kappa shape index (κ3) is 3.61. The number of anilines is 1. The molecule has 0 saturated heterocycles. The van der Waals surface area contributed by atoms with Crippen molar-refractivity contribution in [2.24, 2.45) is 0 Å². The average Bonchev–Trinajstić information content (AvgIpc) is 2.45. The highest BCUT2D eigenvalue weighted by Gasteiger charge is 2.33. The normalized spacial score (nSPS) is 12.1. The molecular formula is C15H13F4NO3S. The van der Waals surface area contributed by atoms with Crippen LogP contribution >= 0.6 is 0 Å². The van der Waals surface area contributed by atoms with Gasteiger partial charge in [0.25, 0.3) is 0 Å². The third-order valence-electron chi connectivity index (χ3n) is 3.25. The number of ether oxygens (including phenoxy) is 1. The maximum Gasteiger partial charge on any atom is 0.573 e. The van der Waals surface area contributed by atoms with Gasteiger partial charge in [-0.05, 0) is 42.8 Å². The van der Waals surface area contributed by atoms with Gasteiger partial charge in [-0.2, -0.15) is 0 Å². The Morgan fingerprint density at radius 2 is 1.79 bits per heavy atom. The van der Waals surface area contributed by atoms with E-state index in [1.165, 1.54) is 26.1 Å². The Labute approximate surface area is 136 Å². The van der Waals surface area contributed by atoms with Crippen molar-refractivity contribution >= 4 is 15.5 Å². The lowest BCUT2D eigenvalue weighted by Crippen LogP contribution is -2.18. The standard InChI is InChI=1S/C15H13F4NO3S/c1-9-13(24(21,22)11-5-3-4-10(16)8-11)7-6-12(14(9)20-2)23-15(17,18)19/h3-8,20H,1-2H3.